The first-order valence-electron chi connectivity index (χ1n) is 5.50. The Kier molecular flexibility index (Phi) is 2.53. The van der Waals surface area contributed by atoms with Gasteiger partial charge in [0.1, 0.15) is 5.75 Å². The van der Waals surface area contributed by atoms with Crippen LogP contribution in [0.2, 0.25) is 0 Å². The summed E-state index contributed by atoms with van der Waals surface area (Å²) in [6.07, 6.45) is 6.17. The third kappa shape index (κ3) is 1.84. The molecule has 0 aliphatic rings. The molecule has 87 valence electrons. The largest absolute Gasteiger partial charge is 0.508 e. The van der Waals surface area contributed by atoms with Gasteiger partial charge in [-0.15, -0.1) is 0 Å². The SMILES string of the molecule is Oc1cccc(-c2[nH][c]nc2-c2ccncc2)c1. The summed E-state index contributed by atoms with van der Waals surface area (Å²) in [6, 6.07) is 10.8. The Morgan fingerprint density at radius 2 is 1.89 bits per heavy atom. The van der Waals surface area contributed by atoms with E-state index in [1.54, 1.807) is 30.6 Å². The van der Waals surface area contributed by atoms with Gasteiger partial charge in [-0.05, 0) is 24.3 Å². The second-order valence-electron chi connectivity index (χ2n) is 3.86. The van der Waals surface area contributed by atoms with E-state index < -0.39 is 0 Å². The van der Waals surface area contributed by atoms with Crippen LogP contribution in [0.15, 0.2) is 48.8 Å². The summed E-state index contributed by atoms with van der Waals surface area (Å²) in [7, 11) is 0. The summed E-state index contributed by atoms with van der Waals surface area (Å²) in [5, 5.41) is 9.52. The Hall–Kier alpha value is -2.62. The minimum atomic E-state index is 0.225. The van der Waals surface area contributed by atoms with Crippen LogP contribution in [-0.4, -0.2) is 20.1 Å². The third-order valence-corrected chi connectivity index (χ3v) is 2.67. The molecule has 0 saturated carbocycles. The number of nitrogens with zero attached hydrogens (tertiary/aromatic N) is 2. The predicted molar refractivity (Wildman–Crippen MR) is 67.8 cm³/mol. The monoisotopic (exact) mass is 236 g/mol. The summed E-state index contributed by atoms with van der Waals surface area (Å²) in [5.74, 6) is 0.225. The molecule has 0 fully saturated rings. The maximum atomic E-state index is 9.52. The Morgan fingerprint density at radius 3 is 2.67 bits per heavy atom. The average Bonchev–Trinajstić information content (AvgIpc) is 2.89. The van der Waals surface area contributed by atoms with Crippen molar-refractivity contribution < 1.29 is 5.11 Å². The van der Waals surface area contributed by atoms with E-state index in [1.807, 2.05) is 18.2 Å². The lowest BCUT2D eigenvalue weighted by Gasteiger charge is -2.03. The summed E-state index contributed by atoms with van der Waals surface area (Å²) in [6.45, 7) is 0. The van der Waals surface area contributed by atoms with Crippen molar-refractivity contribution in [3.8, 4) is 28.3 Å². The molecule has 1 aromatic carbocycles. The summed E-state index contributed by atoms with van der Waals surface area (Å²) in [4.78, 5) is 11.2. The number of aromatic hydroxyl groups is 1. The second-order valence-corrected chi connectivity index (χ2v) is 3.86. The number of pyridine rings is 1. The van der Waals surface area contributed by atoms with Gasteiger partial charge in [0.15, 0.2) is 6.33 Å². The van der Waals surface area contributed by atoms with Crippen LogP contribution in [0.1, 0.15) is 0 Å². The Morgan fingerprint density at radius 1 is 1.06 bits per heavy atom. The van der Waals surface area contributed by atoms with Crippen LogP contribution in [0, 0.1) is 6.33 Å². The lowest BCUT2D eigenvalue weighted by molar-refractivity contribution is 0.475. The fourth-order valence-corrected chi connectivity index (χ4v) is 1.84. The van der Waals surface area contributed by atoms with Gasteiger partial charge in [0.05, 0.1) is 11.4 Å². The summed E-state index contributed by atoms with van der Waals surface area (Å²) < 4.78 is 0. The highest BCUT2D eigenvalue weighted by Crippen LogP contribution is 2.29. The van der Waals surface area contributed by atoms with Gasteiger partial charge in [-0.1, -0.05) is 12.1 Å². The number of rotatable bonds is 2. The van der Waals surface area contributed by atoms with E-state index >= 15 is 0 Å². The second kappa shape index (κ2) is 4.33. The number of nitrogens with one attached hydrogen (secondary N) is 1. The number of aromatic amines is 1. The van der Waals surface area contributed by atoms with Gasteiger partial charge in [0.2, 0.25) is 0 Å². The molecule has 0 unspecified atom stereocenters. The van der Waals surface area contributed by atoms with Crippen molar-refractivity contribution in [3.05, 3.63) is 55.1 Å². The number of benzene rings is 1. The van der Waals surface area contributed by atoms with Crippen LogP contribution in [0.5, 0.6) is 5.75 Å². The summed E-state index contributed by atoms with van der Waals surface area (Å²) >= 11 is 0. The Balaban J connectivity index is 2.13. The van der Waals surface area contributed by atoms with Gasteiger partial charge in [-0.2, -0.15) is 0 Å². The van der Waals surface area contributed by atoms with Crippen LogP contribution in [0.3, 0.4) is 0 Å². The van der Waals surface area contributed by atoms with E-state index in [0.29, 0.717) is 0 Å². The van der Waals surface area contributed by atoms with Crippen molar-refractivity contribution >= 4 is 0 Å². The normalized spacial score (nSPS) is 10.4. The molecular formula is C14H10N3O. The van der Waals surface area contributed by atoms with Crippen LogP contribution >= 0.6 is 0 Å². The molecule has 0 atom stereocenters. The van der Waals surface area contributed by atoms with Crippen LogP contribution in [0.25, 0.3) is 22.5 Å². The van der Waals surface area contributed by atoms with Gasteiger partial charge in [-0.25, -0.2) is 4.98 Å². The maximum Gasteiger partial charge on any atom is 0.174 e. The van der Waals surface area contributed by atoms with Gasteiger partial charge >= 0.3 is 0 Å². The molecular weight excluding hydrogens is 226 g/mol. The van der Waals surface area contributed by atoms with Crippen molar-refractivity contribution in [2.75, 3.05) is 0 Å². The quantitative estimate of drug-likeness (QED) is 0.719. The molecule has 4 nitrogen and oxygen atoms in total. The summed E-state index contributed by atoms with van der Waals surface area (Å²) in [5.41, 5.74) is 3.46. The lowest BCUT2D eigenvalue weighted by atomic mass is 10.1. The predicted octanol–water partition coefficient (Wildman–Crippen LogP) is 2.64. The zero-order chi connectivity index (χ0) is 12.4. The molecule has 0 saturated heterocycles. The molecule has 0 aliphatic carbocycles. The molecule has 3 aromatic rings. The highest BCUT2D eigenvalue weighted by molar-refractivity contribution is 5.78. The number of hydrogen-bond acceptors (Lipinski definition) is 3. The molecule has 2 N–H and O–H groups in total. The maximum absolute atomic E-state index is 9.52. The molecule has 2 aromatic heterocycles. The van der Waals surface area contributed by atoms with Gasteiger partial charge in [0.25, 0.3) is 0 Å². The van der Waals surface area contributed by atoms with Crippen molar-refractivity contribution in [1.29, 1.82) is 0 Å². The van der Waals surface area contributed by atoms with Crippen LogP contribution in [0.4, 0.5) is 0 Å². The highest BCUT2D eigenvalue weighted by atomic mass is 16.3. The number of H-pyrrole nitrogens is 1. The first kappa shape index (κ1) is 10.5. The van der Waals surface area contributed by atoms with Gasteiger partial charge in [0, 0.05) is 23.5 Å². The standard InChI is InChI=1S/C14H10N3O/c18-12-3-1-2-11(8-12)14-13(16-9-17-14)10-4-6-15-7-5-10/h1-8,18H,(H,16,17). The molecule has 0 bridgehead atoms. The first-order valence-corrected chi connectivity index (χ1v) is 5.50. The molecule has 4 heteroatoms. The van der Waals surface area contributed by atoms with Crippen molar-refractivity contribution in [3.63, 3.8) is 0 Å². The van der Waals surface area contributed by atoms with Crippen LogP contribution < -0.4 is 0 Å². The molecule has 2 heterocycles. The van der Waals surface area contributed by atoms with Gasteiger partial charge in [-0.3, -0.25) is 4.98 Å². The molecule has 0 spiro atoms. The van der Waals surface area contributed by atoms with E-state index in [4.69, 9.17) is 0 Å². The highest BCUT2D eigenvalue weighted by Gasteiger charge is 2.10. The Labute approximate surface area is 104 Å². The zero-order valence-corrected chi connectivity index (χ0v) is 9.46. The van der Waals surface area contributed by atoms with E-state index in [1.165, 1.54) is 0 Å². The van der Waals surface area contributed by atoms with E-state index in [2.05, 4.69) is 21.3 Å². The Bertz CT molecular complexity index is 662. The number of hydrogen-bond donors (Lipinski definition) is 2. The van der Waals surface area contributed by atoms with Crippen LogP contribution in [-0.2, 0) is 0 Å². The minimum absolute atomic E-state index is 0.225. The molecule has 18 heavy (non-hydrogen) atoms. The number of phenols is 1. The smallest absolute Gasteiger partial charge is 0.174 e. The number of phenolic OH excluding ortho intramolecular Hbond substituents is 1. The first-order chi connectivity index (χ1) is 8.84. The van der Waals surface area contributed by atoms with E-state index in [9.17, 15) is 5.11 Å². The molecule has 1 radical (unpaired) electrons. The number of aromatic nitrogens is 3. The van der Waals surface area contributed by atoms with Crippen molar-refractivity contribution in [2.24, 2.45) is 0 Å². The lowest BCUT2D eigenvalue weighted by Crippen LogP contribution is -1.84. The fraction of sp³-hybridized carbons (Fsp3) is 0. The molecule has 0 amide bonds. The average molecular weight is 236 g/mol. The van der Waals surface area contributed by atoms with Gasteiger partial charge < -0.3 is 10.1 Å². The minimum Gasteiger partial charge on any atom is -0.508 e. The number of imidazole rings is 1. The third-order valence-electron chi connectivity index (χ3n) is 2.67. The van der Waals surface area contributed by atoms with Crippen molar-refractivity contribution in [1.82, 2.24) is 15.0 Å². The molecule has 3 rings (SSSR count). The van der Waals surface area contributed by atoms with E-state index in [0.717, 1.165) is 22.5 Å². The fourth-order valence-electron chi connectivity index (χ4n) is 1.84. The molecule has 0 aliphatic heterocycles. The topological polar surface area (TPSA) is 61.8 Å². The zero-order valence-electron chi connectivity index (χ0n) is 9.46. The van der Waals surface area contributed by atoms with E-state index in [-0.39, 0.29) is 5.75 Å². The van der Waals surface area contributed by atoms with Crippen molar-refractivity contribution in [2.45, 2.75) is 0 Å².